The summed E-state index contributed by atoms with van der Waals surface area (Å²) >= 11 is 11.2. The molecule has 20 heavy (non-hydrogen) atoms. The van der Waals surface area contributed by atoms with Crippen LogP contribution >= 0.6 is 59.1 Å². The lowest BCUT2D eigenvalue weighted by Crippen LogP contribution is -2.14. The molecular formula is C12H6Br3NO3S. The Kier molecular flexibility index (Phi) is 5.00. The van der Waals surface area contributed by atoms with E-state index in [1.807, 2.05) is 0 Å². The molecule has 0 fully saturated rings. The quantitative estimate of drug-likeness (QED) is 0.646. The minimum atomic E-state index is -1.10. The van der Waals surface area contributed by atoms with E-state index in [4.69, 9.17) is 5.11 Å². The molecule has 0 saturated carbocycles. The molecule has 0 aliphatic rings. The number of amides is 1. The van der Waals surface area contributed by atoms with Gasteiger partial charge >= 0.3 is 5.97 Å². The number of halogens is 3. The van der Waals surface area contributed by atoms with Crippen LogP contribution in [0.25, 0.3) is 0 Å². The normalized spacial score (nSPS) is 10.3. The molecule has 8 heteroatoms. The lowest BCUT2D eigenvalue weighted by molar-refractivity contribution is 0.0698. The Morgan fingerprint density at radius 2 is 1.80 bits per heavy atom. The van der Waals surface area contributed by atoms with Crippen LogP contribution < -0.4 is 5.32 Å². The van der Waals surface area contributed by atoms with Crippen LogP contribution in [0.4, 0.5) is 5.69 Å². The van der Waals surface area contributed by atoms with Gasteiger partial charge in [-0.2, -0.15) is 0 Å². The first kappa shape index (κ1) is 15.7. The Morgan fingerprint density at radius 3 is 2.35 bits per heavy atom. The van der Waals surface area contributed by atoms with Gasteiger partial charge in [0.2, 0.25) is 0 Å². The first-order valence-corrected chi connectivity index (χ1v) is 8.37. The van der Waals surface area contributed by atoms with Crippen molar-refractivity contribution in [1.82, 2.24) is 0 Å². The molecule has 1 aromatic heterocycles. The third-order valence-electron chi connectivity index (χ3n) is 2.36. The molecule has 2 rings (SSSR count). The van der Waals surface area contributed by atoms with Crippen molar-refractivity contribution in [2.24, 2.45) is 0 Å². The van der Waals surface area contributed by atoms with Crippen molar-refractivity contribution in [3.63, 3.8) is 0 Å². The number of carboxylic acid groups (broad SMARTS) is 1. The topological polar surface area (TPSA) is 66.4 Å². The van der Waals surface area contributed by atoms with Crippen molar-refractivity contribution in [3.05, 3.63) is 47.4 Å². The van der Waals surface area contributed by atoms with Crippen molar-refractivity contribution in [2.45, 2.75) is 0 Å². The summed E-state index contributed by atoms with van der Waals surface area (Å²) in [5, 5.41) is 11.7. The van der Waals surface area contributed by atoms with E-state index in [2.05, 4.69) is 53.1 Å². The molecule has 1 aromatic carbocycles. The molecule has 1 amide bonds. The second kappa shape index (κ2) is 6.38. The highest BCUT2D eigenvalue weighted by molar-refractivity contribution is 9.12. The fourth-order valence-electron chi connectivity index (χ4n) is 1.49. The van der Waals surface area contributed by atoms with Gasteiger partial charge in [0.1, 0.15) is 0 Å². The SMILES string of the molecule is O=C(O)c1ccc(Br)cc1NC(=O)c1cc(Br)sc1Br. The largest absolute Gasteiger partial charge is 0.478 e. The number of hydrogen-bond acceptors (Lipinski definition) is 3. The van der Waals surface area contributed by atoms with Gasteiger partial charge in [-0.15, -0.1) is 11.3 Å². The van der Waals surface area contributed by atoms with Crippen molar-refractivity contribution in [2.75, 3.05) is 5.32 Å². The van der Waals surface area contributed by atoms with Crippen LogP contribution in [0.5, 0.6) is 0 Å². The second-order valence-electron chi connectivity index (χ2n) is 3.69. The minimum absolute atomic E-state index is 0.0342. The third kappa shape index (κ3) is 3.49. The highest BCUT2D eigenvalue weighted by atomic mass is 79.9. The van der Waals surface area contributed by atoms with Gasteiger partial charge in [-0.05, 0) is 56.1 Å². The summed E-state index contributed by atoms with van der Waals surface area (Å²) in [5.74, 6) is -1.47. The van der Waals surface area contributed by atoms with Gasteiger partial charge in [0.05, 0.1) is 24.4 Å². The number of anilines is 1. The van der Waals surface area contributed by atoms with Crippen LogP contribution in [0.3, 0.4) is 0 Å². The Labute approximate surface area is 143 Å². The lowest BCUT2D eigenvalue weighted by Gasteiger charge is -2.08. The van der Waals surface area contributed by atoms with E-state index in [1.54, 1.807) is 18.2 Å². The van der Waals surface area contributed by atoms with Gasteiger partial charge in [0.25, 0.3) is 5.91 Å². The molecule has 0 saturated heterocycles. The van der Waals surface area contributed by atoms with Gasteiger partial charge in [-0.3, -0.25) is 4.79 Å². The third-order valence-corrected chi connectivity index (χ3v) is 5.19. The summed E-state index contributed by atoms with van der Waals surface area (Å²) in [6.07, 6.45) is 0. The number of benzene rings is 1. The Hall–Kier alpha value is -0.700. The fraction of sp³-hybridized carbons (Fsp3) is 0. The van der Waals surface area contributed by atoms with Gasteiger partial charge in [0.15, 0.2) is 0 Å². The monoisotopic (exact) mass is 481 g/mol. The molecule has 1 heterocycles. The van der Waals surface area contributed by atoms with Crippen LogP contribution in [0.1, 0.15) is 20.7 Å². The Bertz CT molecular complexity index is 699. The van der Waals surface area contributed by atoms with Crippen molar-refractivity contribution in [1.29, 1.82) is 0 Å². The number of rotatable bonds is 3. The van der Waals surface area contributed by atoms with E-state index in [0.717, 1.165) is 3.79 Å². The highest BCUT2D eigenvalue weighted by Gasteiger charge is 2.17. The second-order valence-corrected chi connectivity index (χ2v) is 8.35. The van der Waals surface area contributed by atoms with Crippen LogP contribution in [0, 0.1) is 0 Å². The molecule has 0 atom stereocenters. The van der Waals surface area contributed by atoms with Crippen molar-refractivity contribution in [3.8, 4) is 0 Å². The predicted octanol–water partition coefficient (Wildman–Crippen LogP) is 4.99. The molecule has 104 valence electrons. The number of carboxylic acids is 1. The maximum atomic E-state index is 12.2. The fourth-order valence-corrected chi connectivity index (χ4v) is 4.65. The smallest absolute Gasteiger partial charge is 0.337 e. The molecule has 0 aliphatic heterocycles. The lowest BCUT2D eigenvalue weighted by atomic mass is 10.1. The van der Waals surface area contributed by atoms with Crippen molar-refractivity contribution < 1.29 is 14.7 Å². The molecule has 0 spiro atoms. The van der Waals surface area contributed by atoms with Crippen LogP contribution in [0.15, 0.2) is 36.3 Å². The summed E-state index contributed by atoms with van der Waals surface area (Å²) in [4.78, 5) is 23.3. The summed E-state index contributed by atoms with van der Waals surface area (Å²) in [7, 11) is 0. The molecule has 0 unspecified atom stereocenters. The number of nitrogens with one attached hydrogen (secondary N) is 1. The molecule has 0 aliphatic carbocycles. The summed E-state index contributed by atoms with van der Waals surface area (Å²) in [5.41, 5.74) is 0.719. The molecule has 2 N–H and O–H groups in total. The number of carbonyl (C=O) groups excluding carboxylic acids is 1. The van der Waals surface area contributed by atoms with Crippen LogP contribution in [-0.4, -0.2) is 17.0 Å². The molecule has 0 radical (unpaired) electrons. The number of hydrogen-bond donors (Lipinski definition) is 2. The van der Waals surface area contributed by atoms with E-state index in [9.17, 15) is 9.59 Å². The number of carbonyl (C=O) groups is 2. The summed E-state index contributed by atoms with van der Waals surface area (Å²) in [6.45, 7) is 0. The van der Waals surface area contributed by atoms with Gasteiger partial charge in [0, 0.05) is 4.47 Å². The zero-order valence-corrected chi connectivity index (χ0v) is 15.2. The standard InChI is InChI=1S/C12H6Br3NO3S/c13-5-1-2-6(12(18)19)8(3-5)16-11(17)7-4-9(14)20-10(7)15/h1-4H,(H,16,17)(H,18,19). The maximum absolute atomic E-state index is 12.2. The molecule has 4 nitrogen and oxygen atoms in total. The van der Waals surface area contributed by atoms with Gasteiger partial charge < -0.3 is 10.4 Å². The average Bonchev–Trinajstić information content (AvgIpc) is 2.68. The minimum Gasteiger partial charge on any atom is -0.478 e. The van der Waals surface area contributed by atoms with E-state index >= 15 is 0 Å². The first-order chi connectivity index (χ1) is 9.38. The zero-order chi connectivity index (χ0) is 14.9. The van der Waals surface area contributed by atoms with Crippen molar-refractivity contribution >= 4 is 76.7 Å². The van der Waals surface area contributed by atoms with E-state index in [0.29, 0.717) is 13.8 Å². The molecular weight excluding hydrogens is 478 g/mol. The predicted molar refractivity (Wildman–Crippen MR) is 88.8 cm³/mol. The van der Waals surface area contributed by atoms with E-state index < -0.39 is 5.97 Å². The first-order valence-electron chi connectivity index (χ1n) is 5.17. The zero-order valence-electron chi connectivity index (χ0n) is 9.62. The molecule has 2 aromatic rings. The Morgan fingerprint density at radius 1 is 1.10 bits per heavy atom. The van der Waals surface area contributed by atoms with Crippen LogP contribution in [-0.2, 0) is 0 Å². The average molecular weight is 484 g/mol. The number of aromatic carboxylic acids is 1. The summed E-state index contributed by atoms with van der Waals surface area (Å²) in [6, 6.07) is 6.26. The Balaban J connectivity index is 2.34. The highest BCUT2D eigenvalue weighted by Crippen LogP contribution is 2.32. The van der Waals surface area contributed by atoms with Gasteiger partial charge in [-0.25, -0.2) is 4.79 Å². The number of thiophene rings is 1. The van der Waals surface area contributed by atoms with Gasteiger partial charge in [-0.1, -0.05) is 15.9 Å². The molecule has 0 bridgehead atoms. The maximum Gasteiger partial charge on any atom is 0.337 e. The van der Waals surface area contributed by atoms with E-state index in [1.165, 1.54) is 17.4 Å². The van der Waals surface area contributed by atoms with Crippen LogP contribution in [0.2, 0.25) is 0 Å². The van der Waals surface area contributed by atoms with E-state index in [-0.39, 0.29) is 17.2 Å². The summed E-state index contributed by atoms with van der Waals surface area (Å²) < 4.78 is 2.17.